The topological polar surface area (TPSA) is 8.17 Å². The highest BCUT2D eigenvalue weighted by Gasteiger charge is 2.46. The van der Waals surface area contributed by atoms with Crippen LogP contribution in [-0.4, -0.2) is 4.57 Å². The molecule has 0 bridgehead atoms. The van der Waals surface area contributed by atoms with Gasteiger partial charge >= 0.3 is 0 Å². The molecular weight excluding hydrogens is 828 g/mol. The van der Waals surface area contributed by atoms with Crippen LogP contribution in [0.5, 0.6) is 0 Å². The van der Waals surface area contributed by atoms with Crippen LogP contribution in [0, 0.1) is 5.82 Å². The maximum atomic E-state index is 14.1. The Kier molecular flexibility index (Phi) is 9.84. The van der Waals surface area contributed by atoms with Crippen LogP contribution >= 0.6 is 0 Å². The minimum Gasteiger partial charge on any atom is -0.311 e. The Balaban J connectivity index is 0.899. The summed E-state index contributed by atoms with van der Waals surface area (Å²) in [4.78, 5) is 2.18. The minimum atomic E-state index is -0.478. The number of anilines is 3. The molecule has 0 radical (unpaired) electrons. The molecule has 0 aliphatic heterocycles. The van der Waals surface area contributed by atoms with Crippen LogP contribution in [0.3, 0.4) is 0 Å². The van der Waals surface area contributed by atoms with Gasteiger partial charge in [0.15, 0.2) is 0 Å². The molecule has 0 unspecified atom stereocenters. The van der Waals surface area contributed by atoms with Gasteiger partial charge in [0.05, 0.1) is 16.4 Å². The third-order valence-corrected chi connectivity index (χ3v) is 14.1. The summed E-state index contributed by atoms with van der Waals surface area (Å²) < 4.78 is 16.5. The molecule has 11 aromatic rings. The van der Waals surface area contributed by atoms with E-state index in [9.17, 15) is 4.39 Å². The van der Waals surface area contributed by atoms with Gasteiger partial charge in [-0.3, -0.25) is 0 Å². The highest BCUT2D eigenvalue weighted by atomic mass is 19.1. The Bertz CT molecular complexity index is 3580. The Morgan fingerprint density at radius 3 is 1.51 bits per heavy atom. The number of aromatic nitrogens is 1. The van der Waals surface area contributed by atoms with E-state index in [1.165, 1.54) is 78.4 Å². The van der Waals surface area contributed by atoms with E-state index in [1.54, 1.807) is 0 Å². The second-order valence-corrected chi connectivity index (χ2v) is 19.1. The molecule has 1 heterocycles. The van der Waals surface area contributed by atoms with Crippen LogP contribution in [-0.2, 0) is 10.8 Å². The highest BCUT2D eigenvalue weighted by Crippen LogP contribution is 2.56. The molecule has 0 amide bonds. The van der Waals surface area contributed by atoms with Gasteiger partial charge in [0.25, 0.3) is 0 Å². The van der Waals surface area contributed by atoms with Crippen molar-refractivity contribution in [3.05, 3.63) is 276 Å². The molecule has 2 nitrogen and oxygen atoms in total. The number of rotatable bonds is 8. The van der Waals surface area contributed by atoms with Crippen LogP contribution in [0.1, 0.15) is 48.6 Å². The van der Waals surface area contributed by atoms with Gasteiger partial charge in [0.2, 0.25) is 0 Å². The van der Waals surface area contributed by atoms with Crippen molar-refractivity contribution in [3.8, 4) is 39.1 Å². The van der Waals surface area contributed by atoms with E-state index in [-0.39, 0.29) is 11.2 Å². The van der Waals surface area contributed by atoms with E-state index in [1.807, 2.05) is 12.1 Å². The molecule has 1 aromatic heterocycles. The minimum absolute atomic E-state index is 0.0440. The summed E-state index contributed by atoms with van der Waals surface area (Å²) in [5.41, 5.74) is 19.5. The molecule has 68 heavy (non-hydrogen) atoms. The Labute approximate surface area is 397 Å². The van der Waals surface area contributed by atoms with Crippen molar-refractivity contribution >= 4 is 38.9 Å². The van der Waals surface area contributed by atoms with Crippen molar-refractivity contribution in [2.75, 3.05) is 4.90 Å². The number of hydrogen-bond acceptors (Lipinski definition) is 1. The van der Waals surface area contributed by atoms with Gasteiger partial charge in [-0.05, 0) is 145 Å². The first kappa shape index (κ1) is 41.2. The summed E-state index contributed by atoms with van der Waals surface area (Å²) in [5.74, 6) is -0.251. The lowest BCUT2D eigenvalue weighted by molar-refractivity contribution is 0.590. The number of benzene rings is 10. The first-order valence-electron chi connectivity index (χ1n) is 23.5. The lowest BCUT2D eigenvalue weighted by atomic mass is 9.67. The van der Waals surface area contributed by atoms with E-state index >= 15 is 0 Å². The van der Waals surface area contributed by atoms with Crippen molar-refractivity contribution in [1.82, 2.24) is 4.57 Å². The molecule has 0 saturated carbocycles. The fourth-order valence-electron chi connectivity index (χ4n) is 10.8. The van der Waals surface area contributed by atoms with E-state index in [4.69, 9.17) is 0 Å². The smallest absolute Gasteiger partial charge is 0.123 e. The van der Waals surface area contributed by atoms with E-state index in [0.29, 0.717) is 0 Å². The second-order valence-electron chi connectivity index (χ2n) is 19.1. The summed E-state index contributed by atoms with van der Waals surface area (Å²) >= 11 is 0. The molecule has 0 N–H and O–H groups in total. The zero-order valence-electron chi connectivity index (χ0n) is 38.4. The zero-order chi connectivity index (χ0) is 46.0. The fraction of sp³-hybridized carbons (Fsp3) is 0.0769. The van der Waals surface area contributed by atoms with Gasteiger partial charge in [-0.15, -0.1) is 0 Å². The molecule has 12 rings (SSSR count). The standard InChI is InChI=1S/C65H49FN2/c1-64(2,3)48-29-35-53(36-30-48)67(54-37-31-51(66)32-38-54)52-33-26-45(27-34-52)44-22-24-46(25-23-44)47-28-41-63-59(42-47)58-19-11-13-21-62(58)68(63)55-39-40-57-56-18-10-12-20-60(56)65(61(57)43-55,49-14-6-4-7-15-49)50-16-8-5-9-17-50/h4-43H,1-3H3. The van der Waals surface area contributed by atoms with Crippen molar-refractivity contribution in [2.24, 2.45) is 0 Å². The quantitative estimate of drug-likeness (QED) is 0.148. The third-order valence-electron chi connectivity index (χ3n) is 14.1. The number of para-hydroxylation sites is 1. The summed E-state index contributed by atoms with van der Waals surface area (Å²) in [7, 11) is 0. The number of nitrogens with zero attached hydrogens (tertiary/aromatic N) is 2. The van der Waals surface area contributed by atoms with Crippen LogP contribution in [0.15, 0.2) is 243 Å². The monoisotopic (exact) mass is 876 g/mol. The predicted octanol–water partition coefficient (Wildman–Crippen LogP) is 17.4. The van der Waals surface area contributed by atoms with Crippen LogP contribution in [0.4, 0.5) is 21.5 Å². The molecule has 326 valence electrons. The summed E-state index contributed by atoms with van der Waals surface area (Å²) in [6.07, 6.45) is 0. The first-order chi connectivity index (χ1) is 33.3. The Hall–Kier alpha value is -8.27. The number of fused-ring (bicyclic) bond motifs is 6. The lowest BCUT2D eigenvalue weighted by Crippen LogP contribution is -2.28. The molecule has 3 heteroatoms. The van der Waals surface area contributed by atoms with Crippen LogP contribution in [0.25, 0.3) is 60.9 Å². The molecule has 10 aromatic carbocycles. The maximum absolute atomic E-state index is 14.1. The zero-order valence-corrected chi connectivity index (χ0v) is 38.4. The number of hydrogen-bond donors (Lipinski definition) is 0. The van der Waals surface area contributed by atoms with Gasteiger partial charge in [-0.25, -0.2) is 4.39 Å². The van der Waals surface area contributed by atoms with Gasteiger partial charge in [-0.2, -0.15) is 0 Å². The van der Waals surface area contributed by atoms with E-state index < -0.39 is 5.41 Å². The van der Waals surface area contributed by atoms with Crippen molar-refractivity contribution in [1.29, 1.82) is 0 Å². The summed E-state index contributed by atoms with van der Waals surface area (Å²) in [5, 5.41) is 2.44. The molecular formula is C65H49FN2. The van der Waals surface area contributed by atoms with E-state index in [2.05, 4.69) is 249 Å². The van der Waals surface area contributed by atoms with Gasteiger partial charge in [0.1, 0.15) is 5.82 Å². The van der Waals surface area contributed by atoms with E-state index in [0.717, 1.165) is 39.4 Å². The largest absolute Gasteiger partial charge is 0.311 e. The average Bonchev–Trinajstić information content (AvgIpc) is 3.88. The lowest BCUT2D eigenvalue weighted by Gasteiger charge is -2.34. The van der Waals surface area contributed by atoms with Crippen LogP contribution < -0.4 is 4.90 Å². The predicted molar refractivity (Wildman–Crippen MR) is 282 cm³/mol. The highest BCUT2D eigenvalue weighted by molar-refractivity contribution is 6.10. The molecule has 0 fully saturated rings. The molecule has 0 spiro atoms. The SMILES string of the molecule is CC(C)(C)c1ccc(N(c2ccc(F)cc2)c2ccc(-c3ccc(-c4ccc5c(c4)c4ccccc4n5-c4ccc5c(c4)C(c4ccccc4)(c4ccccc4)c4ccccc4-5)cc3)cc2)cc1. The van der Waals surface area contributed by atoms with Crippen molar-refractivity contribution < 1.29 is 4.39 Å². The van der Waals surface area contributed by atoms with Gasteiger partial charge < -0.3 is 9.47 Å². The van der Waals surface area contributed by atoms with Gasteiger partial charge in [0, 0.05) is 33.5 Å². The normalized spacial score (nSPS) is 12.8. The average molecular weight is 877 g/mol. The van der Waals surface area contributed by atoms with Crippen molar-refractivity contribution in [2.45, 2.75) is 31.6 Å². The van der Waals surface area contributed by atoms with Gasteiger partial charge in [-0.1, -0.05) is 185 Å². The molecule has 1 aliphatic rings. The summed E-state index contributed by atoms with van der Waals surface area (Å²) in [6, 6.07) is 86.7. The molecule has 0 saturated heterocycles. The Morgan fingerprint density at radius 1 is 0.397 bits per heavy atom. The third kappa shape index (κ3) is 6.76. The van der Waals surface area contributed by atoms with Crippen LogP contribution in [0.2, 0.25) is 0 Å². The molecule has 1 aliphatic carbocycles. The Morgan fingerprint density at radius 2 is 0.882 bits per heavy atom. The molecule has 0 atom stereocenters. The first-order valence-corrected chi connectivity index (χ1v) is 23.5. The van der Waals surface area contributed by atoms with Crippen molar-refractivity contribution in [3.63, 3.8) is 0 Å². The fourth-order valence-corrected chi connectivity index (χ4v) is 10.8. The number of halogens is 1. The summed E-state index contributed by atoms with van der Waals surface area (Å²) in [6.45, 7) is 6.67. The maximum Gasteiger partial charge on any atom is 0.123 e. The second kappa shape index (κ2) is 16.3.